The molecular formula is C29H24N2O5S. The van der Waals surface area contributed by atoms with Gasteiger partial charge in [0.1, 0.15) is 11.6 Å². The predicted molar refractivity (Wildman–Crippen MR) is 144 cm³/mol. The summed E-state index contributed by atoms with van der Waals surface area (Å²) < 4.78 is 18.3. The Hall–Kier alpha value is -4.17. The zero-order valence-corrected chi connectivity index (χ0v) is 21.6. The number of amides is 1. The molecule has 8 heteroatoms. The molecule has 0 spiro atoms. The first-order valence-corrected chi connectivity index (χ1v) is 12.7. The van der Waals surface area contributed by atoms with Gasteiger partial charge in [0.25, 0.3) is 5.91 Å². The molecular weight excluding hydrogens is 488 g/mol. The van der Waals surface area contributed by atoms with Crippen LogP contribution in [0.3, 0.4) is 0 Å². The van der Waals surface area contributed by atoms with Crippen molar-refractivity contribution in [2.75, 3.05) is 19.1 Å². The number of rotatable bonds is 5. The second-order valence-electron chi connectivity index (χ2n) is 9.21. The van der Waals surface area contributed by atoms with E-state index in [2.05, 4.69) is 26.0 Å². The van der Waals surface area contributed by atoms with Gasteiger partial charge >= 0.3 is 0 Å². The third kappa shape index (κ3) is 3.51. The number of hydrogen-bond acceptors (Lipinski definition) is 7. The minimum Gasteiger partial charge on any atom is -0.493 e. The standard InChI is InChI=1S/C29H24N2O5S/c1-15(2)16-12-13-19-22(14-16)37-29(30-19)31-24(18-9-7-11-21(34-3)26(18)35-4)23-25(32)17-8-5-6-10-20(17)36-27(23)28(31)33/h5-15,24H,1-4H3. The third-order valence-corrected chi connectivity index (χ3v) is 7.80. The highest BCUT2D eigenvalue weighted by molar-refractivity contribution is 7.22. The van der Waals surface area contributed by atoms with Crippen molar-refractivity contribution in [2.24, 2.45) is 0 Å². The molecule has 1 unspecified atom stereocenters. The molecule has 1 atom stereocenters. The largest absolute Gasteiger partial charge is 0.493 e. The fourth-order valence-electron chi connectivity index (χ4n) is 4.93. The van der Waals surface area contributed by atoms with Gasteiger partial charge in [0, 0.05) is 5.56 Å². The topological polar surface area (TPSA) is 81.9 Å². The van der Waals surface area contributed by atoms with E-state index >= 15 is 0 Å². The lowest BCUT2D eigenvalue weighted by Gasteiger charge is -2.24. The fraction of sp³-hybridized carbons (Fsp3) is 0.207. The first-order valence-electron chi connectivity index (χ1n) is 11.9. The zero-order valence-electron chi connectivity index (χ0n) is 20.8. The highest BCUT2D eigenvalue weighted by Gasteiger charge is 2.46. The number of fused-ring (bicyclic) bond motifs is 3. The van der Waals surface area contributed by atoms with E-state index in [1.807, 2.05) is 18.2 Å². The molecule has 37 heavy (non-hydrogen) atoms. The lowest BCUT2D eigenvalue weighted by molar-refractivity contribution is 0.0970. The van der Waals surface area contributed by atoms with Crippen molar-refractivity contribution in [1.29, 1.82) is 0 Å². The average molecular weight is 513 g/mol. The zero-order chi connectivity index (χ0) is 25.8. The van der Waals surface area contributed by atoms with Gasteiger partial charge < -0.3 is 13.9 Å². The summed E-state index contributed by atoms with van der Waals surface area (Å²) >= 11 is 1.41. The van der Waals surface area contributed by atoms with E-state index in [0.717, 1.165) is 10.2 Å². The van der Waals surface area contributed by atoms with Gasteiger partial charge in [0.05, 0.1) is 35.4 Å². The summed E-state index contributed by atoms with van der Waals surface area (Å²) in [7, 11) is 3.09. The van der Waals surface area contributed by atoms with Crippen molar-refractivity contribution in [3.8, 4) is 11.5 Å². The highest BCUT2D eigenvalue weighted by atomic mass is 32.1. The Morgan fingerprint density at radius 1 is 1.00 bits per heavy atom. The van der Waals surface area contributed by atoms with Gasteiger partial charge in [0.15, 0.2) is 22.1 Å². The van der Waals surface area contributed by atoms with Crippen molar-refractivity contribution >= 4 is 43.6 Å². The fourth-order valence-corrected chi connectivity index (χ4v) is 5.97. The molecule has 0 saturated heterocycles. The Labute approximate surface area is 216 Å². The first kappa shape index (κ1) is 23.2. The lowest BCUT2D eigenvalue weighted by atomic mass is 9.97. The SMILES string of the molecule is COc1cccc(C2c3c(oc4ccccc4c3=O)C(=O)N2c2nc3ccc(C(C)C)cc3s2)c1OC. The Balaban J connectivity index is 1.64. The third-order valence-electron chi connectivity index (χ3n) is 6.78. The van der Waals surface area contributed by atoms with Gasteiger partial charge in [-0.3, -0.25) is 14.5 Å². The van der Waals surface area contributed by atoms with Gasteiger partial charge in [-0.1, -0.05) is 55.5 Å². The molecule has 0 bridgehead atoms. The van der Waals surface area contributed by atoms with Gasteiger partial charge in [-0.05, 0) is 41.8 Å². The van der Waals surface area contributed by atoms with E-state index in [0.29, 0.717) is 39.1 Å². The summed E-state index contributed by atoms with van der Waals surface area (Å²) in [6.45, 7) is 4.27. The van der Waals surface area contributed by atoms with Crippen LogP contribution in [0.4, 0.5) is 5.13 Å². The van der Waals surface area contributed by atoms with Crippen molar-refractivity contribution in [1.82, 2.24) is 4.98 Å². The van der Waals surface area contributed by atoms with Gasteiger partial charge in [0.2, 0.25) is 5.76 Å². The number of carbonyl (C=O) groups is 1. The molecule has 1 aliphatic rings. The Morgan fingerprint density at radius 3 is 2.57 bits per heavy atom. The Morgan fingerprint density at radius 2 is 1.81 bits per heavy atom. The maximum Gasteiger partial charge on any atom is 0.297 e. The molecule has 0 radical (unpaired) electrons. The van der Waals surface area contributed by atoms with Crippen molar-refractivity contribution < 1.29 is 18.7 Å². The molecule has 0 aliphatic carbocycles. The lowest BCUT2D eigenvalue weighted by Crippen LogP contribution is -2.29. The number of carbonyl (C=O) groups excluding carboxylic acids is 1. The van der Waals surface area contributed by atoms with Crippen LogP contribution in [0.25, 0.3) is 21.2 Å². The quantitative estimate of drug-likeness (QED) is 0.275. The van der Waals surface area contributed by atoms with Crippen molar-refractivity contribution in [2.45, 2.75) is 25.8 Å². The molecule has 0 N–H and O–H groups in total. The maximum absolute atomic E-state index is 14.0. The van der Waals surface area contributed by atoms with E-state index in [-0.39, 0.29) is 16.8 Å². The second-order valence-corrected chi connectivity index (χ2v) is 10.2. The minimum atomic E-state index is -0.807. The molecule has 6 rings (SSSR count). The highest BCUT2D eigenvalue weighted by Crippen LogP contribution is 2.47. The van der Waals surface area contributed by atoms with E-state index < -0.39 is 11.9 Å². The van der Waals surface area contributed by atoms with Crippen LogP contribution < -0.4 is 19.8 Å². The van der Waals surface area contributed by atoms with Crippen LogP contribution in [0.1, 0.15) is 53.1 Å². The summed E-state index contributed by atoms with van der Waals surface area (Å²) in [5, 5.41) is 0.888. The average Bonchev–Trinajstić information content (AvgIpc) is 3.46. The van der Waals surface area contributed by atoms with Crippen molar-refractivity contribution in [3.63, 3.8) is 0 Å². The van der Waals surface area contributed by atoms with Gasteiger partial charge in [-0.25, -0.2) is 4.98 Å². The van der Waals surface area contributed by atoms with Gasteiger partial charge in [-0.15, -0.1) is 0 Å². The minimum absolute atomic E-state index is 0.0145. The number of methoxy groups -OCH3 is 2. The molecule has 1 aliphatic heterocycles. The molecule has 3 aromatic carbocycles. The number of nitrogens with zero attached hydrogens (tertiary/aromatic N) is 2. The van der Waals surface area contributed by atoms with E-state index in [1.165, 1.54) is 24.0 Å². The maximum atomic E-state index is 14.0. The van der Waals surface area contributed by atoms with Crippen LogP contribution in [0.5, 0.6) is 11.5 Å². The molecule has 186 valence electrons. The monoisotopic (exact) mass is 512 g/mol. The molecule has 7 nitrogen and oxygen atoms in total. The summed E-state index contributed by atoms with van der Waals surface area (Å²) in [6, 6.07) is 17.7. The first-order chi connectivity index (χ1) is 17.9. The van der Waals surface area contributed by atoms with Crippen LogP contribution in [0.15, 0.2) is 69.9 Å². The molecule has 5 aromatic rings. The van der Waals surface area contributed by atoms with E-state index in [1.54, 1.807) is 42.3 Å². The number of hydrogen-bond donors (Lipinski definition) is 0. The van der Waals surface area contributed by atoms with E-state index in [4.69, 9.17) is 18.9 Å². The number of para-hydroxylation sites is 2. The molecule has 0 fully saturated rings. The summed E-state index contributed by atoms with van der Waals surface area (Å²) in [5.41, 5.74) is 2.95. The Kier molecular flexibility index (Phi) is 5.49. The Bertz CT molecular complexity index is 1750. The van der Waals surface area contributed by atoms with Gasteiger partial charge in [-0.2, -0.15) is 0 Å². The summed E-state index contributed by atoms with van der Waals surface area (Å²) in [4.78, 5) is 34.2. The summed E-state index contributed by atoms with van der Waals surface area (Å²) in [6.07, 6.45) is 0. The van der Waals surface area contributed by atoms with Crippen LogP contribution in [0.2, 0.25) is 0 Å². The smallest absolute Gasteiger partial charge is 0.297 e. The molecule has 2 aromatic heterocycles. The number of thiazole rings is 1. The number of anilines is 1. The van der Waals surface area contributed by atoms with Crippen LogP contribution in [0, 0.1) is 0 Å². The second kappa shape index (κ2) is 8.74. The molecule has 0 saturated carbocycles. The summed E-state index contributed by atoms with van der Waals surface area (Å²) in [5.74, 6) is 0.889. The number of ether oxygens (including phenoxy) is 2. The molecule has 1 amide bonds. The van der Waals surface area contributed by atoms with Crippen LogP contribution in [-0.4, -0.2) is 25.1 Å². The van der Waals surface area contributed by atoms with Crippen molar-refractivity contribution in [3.05, 3.63) is 93.3 Å². The van der Waals surface area contributed by atoms with Crippen LogP contribution >= 0.6 is 11.3 Å². The predicted octanol–water partition coefficient (Wildman–Crippen LogP) is 6.29. The normalized spacial score (nSPS) is 15.1. The number of benzene rings is 3. The van der Waals surface area contributed by atoms with Crippen LogP contribution in [-0.2, 0) is 0 Å². The molecule has 3 heterocycles. The van der Waals surface area contributed by atoms with E-state index in [9.17, 15) is 9.59 Å². The number of aromatic nitrogens is 1.